The van der Waals surface area contributed by atoms with Crippen LogP contribution in [0.15, 0.2) is 4.90 Å². The fourth-order valence-corrected chi connectivity index (χ4v) is 2.89. The summed E-state index contributed by atoms with van der Waals surface area (Å²) in [6, 6.07) is 0. The molecular weight excluding hydrogens is 294 g/mol. The van der Waals surface area contributed by atoms with Crippen molar-refractivity contribution in [2.75, 3.05) is 0 Å². The second kappa shape index (κ2) is 4.00. The molecule has 0 saturated heterocycles. The van der Waals surface area contributed by atoms with Crippen LogP contribution >= 0.6 is 46.4 Å². The zero-order chi connectivity index (χ0) is 11.1. The number of pyridine rings is 1. The zero-order valence-electron chi connectivity index (χ0n) is 6.26. The van der Waals surface area contributed by atoms with Gasteiger partial charge < -0.3 is 0 Å². The van der Waals surface area contributed by atoms with Crippen molar-refractivity contribution >= 4 is 56.4 Å². The van der Waals surface area contributed by atoms with Crippen LogP contribution in [0.3, 0.4) is 0 Å². The summed E-state index contributed by atoms with van der Waals surface area (Å²) in [7, 11) is -4.08. The largest absolute Gasteiger partial charge is 0.241 e. The minimum Gasteiger partial charge on any atom is -0.225 e. The highest BCUT2D eigenvalue weighted by atomic mass is 35.5. The van der Waals surface area contributed by atoms with E-state index in [1.54, 1.807) is 0 Å². The Bertz CT molecular complexity index is 461. The van der Waals surface area contributed by atoms with Crippen molar-refractivity contribution in [2.24, 2.45) is 5.14 Å². The lowest BCUT2D eigenvalue weighted by molar-refractivity contribution is 0.598. The topological polar surface area (TPSA) is 73.1 Å². The Hall–Kier alpha value is 0.220. The van der Waals surface area contributed by atoms with Crippen LogP contribution in [0.2, 0.25) is 20.4 Å². The minimum absolute atomic E-state index is 0.273. The molecule has 0 amide bonds. The SMILES string of the molecule is NS(=O)(=O)c1c(Cl)c(Cl)nc(Cl)c1Cl. The van der Waals surface area contributed by atoms with Gasteiger partial charge in [-0.15, -0.1) is 0 Å². The van der Waals surface area contributed by atoms with Crippen LogP contribution in [-0.2, 0) is 10.0 Å². The van der Waals surface area contributed by atoms with Crippen LogP contribution in [0.1, 0.15) is 0 Å². The molecule has 0 saturated carbocycles. The third-order valence-electron chi connectivity index (χ3n) is 1.24. The van der Waals surface area contributed by atoms with Crippen molar-refractivity contribution < 1.29 is 8.42 Å². The summed E-state index contributed by atoms with van der Waals surface area (Å²) in [6.45, 7) is 0. The van der Waals surface area contributed by atoms with Gasteiger partial charge in [0, 0.05) is 0 Å². The molecule has 1 rings (SSSR count). The van der Waals surface area contributed by atoms with Gasteiger partial charge in [-0.1, -0.05) is 46.4 Å². The minimum atomic E-state index is -4.08. The van der Waals surface area contributed by atoms with Gasteiger partial charge in [0.15, 0.2) is 10.3 Å². The van der Waals surface area contributed by atoms with Gasteiger partial charge in [-0.3, -0.25) is 0 Å². The van der Waals surface area contributed by atoms with E-state index in [9.17, 15) is 8.42 Å². The Kier molecular flexibility index (Phi) is 3.51. The maximum atomic E-state index is 11.0. The molecule has 1 aromatic heterocycles. The lowest BCUT2D eigenvalue weighted by Crippen LogP contribution is -2.14. The van der Waals surface area contributed by atoms with E-state index in [1.165, 1.54) is 0 Å². The van der Waals surface area contributed by atoms with Gasteiger partial charge >= 0.3 is 0 Å². The average Bonchev–Trinajstić information content (AvgIpc) is 1.98. The molecule has 2 N–H and O–H groups in total. The molecule has 1 aromatic rings. The third-order valence-corrected chi connectivity index (χ3v) is 3.92. The van der Waals surface area contributed by atoms with E-state index >= 15 is 0 Å². The van der Waals surface area contributed by atoms with E-state index < -0.39 is 14.9 Å². The van der Waals surface area contributed by atoms with E-state index in [0.29, 0.717) is 0 Å². The van der Waals surface area contributed by atoms with Gasteiger partial charge in [0.25, 0.3) is 0 Å². The highest BCUT2D eigenvalue weighted by Gasteiger charge is 2.23. The first-order valence-corrected chi connectivity index (χ1v) is 6.03. The zero-order valence-corrected chi connectivity index (χ0v) is 10.1. The van der Waals surface area contributed by atoms with Crippen molar-refractivity contribution in [3.8, 4) is 0 Å². The van der Waals surface area contributed by atoms with Gasteiger partial charge in [0.2, 0.25) is 10.0 Å². The summed E-state index contributed by atoms with van der Waals surface area (Å²) in [5.41, 5.74) is 0. The molecule has 0 fully saturated rings. The number of sulfonamides is 1. The van der Waals surface area contributed by atoms with Crippen LogP contribution < -0.4 is 5.14 Å². The monoisotopic (exact) mass is 294 g/mol. The van der Waals surface area contributed by atoms with Crippen LogP contribution in [0, 0.1) is 0 Å². The van der Waals surface area contributed by atoms with Gasteiger partial charge in [-0.05, 0) is 0 Å². The van der Waals surface area contributed by atoms with Crippen LogP contribution in [0.5, 0.6) is 0 Å². The van der Waals surface area contributed by atoms with Crippen molar-refractivity contribution in [1.82, 2.24) is 4.98 Å². The Balaban J connectivity index is 3.74. The molecule has 1 heterocycles. The molecule has 0 aromatic carbocycles. The molecule has 0 unspecified atom stereocenters. The molecule has 14 heavy (non-hydrogen) atoms. The smallest absolute Gasteiger partial charge is 0.225 e. The van der Waals surface area contributed by atoms with E-state index in [-0.39, 0.29) is 20.4 Å². The number of rotatable bonds is 1. The average molecular weight is 296 g/mol. The first-order valence-electron chi connectivity index (χ1n) is 2.98. The molecule has 0 spiro atoms. The molecule has 0 aliphatic carbocycles. The number of aromatic nitrogens is 1. The molecule has 4 nitrogen and oxygen atoms in total. The highest BCUT2D eigenvalue weighted by Crippen LogP contribution is 2.36. The number of hydrogen-bond donors (Lipinski definition) is 1. The van der Waals surface area contributed by atoms with E-state index in [1.807, 2.05) is 0 Å². The second-order valence-corrected chi connectivity index (χ2v) is 5.17. The normalized spacial score (nSPS) is 11.8. The fraction of sp³-hybridized carbons (Fsp3) is 0. The van der Waals surface area contributed by atoms with Gasteiger partial charge in [-0.2, -0.15) is 0 Å². The standard InChI is InChI=1S/C5H2Cl4N2O2S/c6-1-3(14(10,12)13)2(7)5(9)11-4(1)8/h(H2,10,12,13). The predicted molar refractivity (Wildman–Crippen MR) is 55.7 cm³/mol. The molecule has 0 aliphatic rings. The summed E-state index contributed by atoms with van der Waals surface area (Å²) in [6.07, 6.45) is 0. The van der Waals surface area contributed by atoms with Crippen molar-refractivity contribution in [2.45, 2.75) is 4.90 Å². The summed E-state index contributed by atoms with van der Waals surface area (Å²) in [4.78, 5) is 2.97. The van der Waals surface area contributed by atoms with Gasteiger partial charge in [0.1, 0.15) is 4.90 Å². The van der Waals surface area contributed by atoms with E-state index in [2.05, 4.69) is 4.98 Å². The first-order chi connectivity index (χ1) is 6.25. The highest BCUT2D eigenvalue weighted by molar-refractivity contribution is 7.89. The quantitative estimate of drug-likeness (QED) is 0.808. The predicted octanol–water partition coefficient (Wildman–Crippen LogP) is 2.34. The Morgan fingerprint density at radius 2 is 1.36 bits per heavy atom. The molecule has 0 atom stereocenters. The van der Waals surface area contributed by atoms with E-state index in [0.717, 1.165) is 0 Å². The Labute approximate surface area is 100.0 Å². The Morgan fingerprint density at radius 3 is 1.64 bits per heavy atom. The lowest BCUT2D eigenvalue weighted by Gasteiger charge is -2.06. The van der Waals surface area contributed by atoms with Crippen LogP contribution in [0.25, 0.3) is 0 Å². The maximum absolute atomic E-state index is 11.0. The van der Waals surface area contributed by atoms with Crippen molar-refractivity contribution in [3.63, 3.8) is 0 Å². The summed E-state index contributed by atoms with van der Waals surface area (Å²) in [5, 5.41) is 3.62. The van der Waals surface area contributed by atoms with Gasteiger partial charge in [0.05, 0.1) is 10.0 Å². The molecule has 0 radical (unpaired) electrons. The molecule has 78 valence electrons. The summed E-state index contributed by atoms with van der Waals surface area (Å²) < 4.78 is 22.1. The molecule has 9 heteroatoms. The summed E-state index contributed by atoms with van der Waals surface area (Å²) >= 11 is 22.1. The lowest BCUT2D eigenvalue weighted by atomic mass is 10.5. The maximum Gasteiger partial charge on any atom is 0.241 e. The third kappa shape index (κ3) is 2.24. The Morgan fingerprint density at radius 1 is 1.00 bits per heavy atom. The number of nitrogens with zero attached hydrogens (tertiary/aromatic N) is 1. The molecule has 0 aliphatic heterocycles. The summed E-state index contributed by atoms with van der Waals surface area (Å²) in [5.74, 6) is 0. The second-order valence-electron chi connectivity index (χ2n) is 2.20. The van der Waals surface area contributed by atoms with E-state index in [4.69, 9.17) is 51.5 Å². The van der Waals surface area contributed by atoms with Crippen molar-refractivity contribution in [3.05, 3.63) is 20.4 Å². The van der Waals surface area contributed by atoms with Crippen molar-refractivity contribution in [1.29, 1.82) is 0 Å². The molecule has 0 bridgehead atoms. The first kappa shape index (κ1) is 12.3. The number of nitrogens with two attached hydrogens (primary N) is 1. The van der Waals surface area contributed by atoms with Crippen LogP contribution in [-0.4, -0.2) is 13.4 Å². The van der Waals surface area contributed by atoms with Crippen LogP contribution in [0.4, 0.5) is 0 Å². The number of halogens is 4. The number of primary sulfonamides is 1. The number of hydrogen-bond acceptors (Lipinski definition) is 3. The molecular formula is C5H2Cl4N2O2S. The fourth-order valence-electron chi connectivity index (χ4n) is 0.718. The van der Waals surface area contributed by atoms with Gasteiger partial charge in [-0.25, -0.2) is 18.5 Å².